The van der Waals surface area contributed by atoms with Gasteiger partial charge in [-0.05, 0) is 43.2 Å². The van der Waals surface area contributed by atoms with Crippen LogP contribution >= 0.6 is 0 Å². The maximum Gasteiger partial charge on any atom is 0.251 e. The van der Waals surface area contributed by atoms with E-state index in [4.69, 9.17) is 0 Å². The number of hydrogen-bond acceptors (Lipinski definition) is 6. The second kappa shape index (κ2) is 8.29. The molecule has 0 bridgehead atoms. The second-order valence-electron chi connectivity index (χ2n) is 7.41. The van der Waals surface area contributed by atoms with E-state index in [0.717, 1.165) is 0 Å². The molecule has 0 atom stereocenters. The lowest BCUT2D eigenvalue weighted by molar-refractivity contribution is 0.0958. The number of pyridine rings is 1. The van der Waals surface area contributed by atoms with Gasteiger partial charge in [0.15, 0.2) is 0 Å². The van der Waals surface area contributed by atoms with Crippen LogP contribution in [0.5, 0.6) is 0 Å². The van der Waals surface area contributed by atoms with Gasteiger partial charge in [-0.3, -0.25) is 9.78 Å². The number of aromatic nitrogens is 4. The molecule has 1 aromatic carbocycles. The summed E-state index contributed by atoms with van der Waals surface area (Å²) in [5, 5.41) is 13.3. The first kappa shape index (κ1) is 20.7. The molecule has 10 heteroatoms. The van der Waals surface area contributed by atoms with Gasteiger partial charge in [0, 0.05) is 36.3 Å². The van der Waals surface area contributed by atoms with Crippen LogP contribution in [0.15, 0.2) is 42.7 Å². The van der Waals surface area contributed by atoms with Crippen molar-refractivity contribution in [1.82, 2.24) is 25.5 Å². The molecule has 0 aliphatic heterocycles. The van der Waals surface area contributed by atoms with E-state index < -0.39 is 23.2 Å². The minimum atomic E-state index is -1.03. The van der Waals surface area contributed by atoms with Gasteiger partial charge in [-0.25, -0.2) is 18.2 Å². The predicted molar refractivity (Wildman–Crippen MR) is 107 cm³/mol. The third kappa shape index (κ3) is 4.05. The Balaban J connectivity index is 1.52. The van der Waals surface area contributed by atoms with Crippen LogP contribution < -0.4 is 10.6 Å². The van der Waals surface area contributed by atoms with Gasteiger partial charge in [-0.2, -0.15) is 0 Å². The quantitative estimate of drug-likeness (QED) is 0.627. The van der Waals surface area contributed by atoms with Crippen LogP contribution in [0.25, 0.3) is 11.3 Å². The predicted octanol–water partition coefficient (Wildman–Crippen LogP) is 3.05. The minimum absolute atomic E-state index is 0.0824. The van der Waals surface area contributed by atoms with E-state index in [-0.39, 0.29) is 53.8 Å². The van der Waals surface area contributed by atoms with E-state index in [9.17, 15) is 18.0 Å². The Morgan fingerprint density at radius 2 is 1.97 bits per heavy atom. The molecule has 1 aliphatic rings. The summed E-state index contributed by atoms with van der Waals surface area (Å²) in [4.78, 5) is 20.0. The first-order valence-electron chi connectivity index (χ1n) is 9.62. The molecule has 1 saturated carbocycles. The molecular weight excluding hydrogens is 409 g/mol. The zero-order chi connectivity index (χ0) is 22.0. The summed E-state index contributed by atoms with van der Waals surface area (Å²) in [7, 11) is 1.48. The Morgan fingerprint density at radius 3 is 2.61 bits per heavy atom. The highest BCUT2D eigenvalue weighted by Crippen LogP contribution is 2.45. The SMILES string of the molecule is CNC(=O)c1ccc(F)c(-c2cnc(NCC3(c4ncccc4F)CC(F)C3)nn2)c1. The molecule has 0 radical (unpaired) electrons. The van der Waals surface area contributed by atoms with E-state index in [0.29, 0.717) is 0 Å². The van der Waals surface area contributed by atoms with E-state index in [1.54, 1.807) is 0 Å². The van der Waals surface area contributed by atoms with Crippen molar-refractivity contribution in [3.8, 4) is 11.3 Å². The summed E-state index contributed by atoms with van der Waals surface area (Å²) < 4.78 is 42.1. The molecule has 0 saturated heterocycles. The average Bonchev–Trinajstić information content (AvgIpc) is 2.76. The summed E-state index contributed by atoms with van der Waals surface area (Å²) in [6.45, 7) is 0.170. The standard InChI is InChI=1S/C21H19F3N6O/c1-25-19(31)12-4-5-15(23)14(7-12)17-10-27-20(30-29-17)28-11-21(8-13(22)9-21)18-16(24)3-2-6-26-18/h2-7,10,13H,8-9,11H2,1H3,(H,25,31)(H,27,28,30). The molecule has 31 heavy (non-hydrogen) atoms. The number of benzene rings is 1. The fourth-order valence-corrected chi connectivity index (χ4v) is 3.72. The molecule has 0 spiro atoms. The Kier molecular flexibility index (Phi) is 5.53. The van der Waals surface area contributed by atoms with E-state index in [1.165, 1.54) is 49.8 Å². The lowest BCUT2D eigenvalue weighted by atomic mass is 9.65. The summed E-state index contributed by atoms with van der Waals surface area (Å²) in [6.07, 6.45) is 2.03. The van der Waals surface area contributed by atoms with E-state index in [2.05, 4.69) is 30.8 Å². The number of amides is 1. The van der Waals surface area contributed by atoms with Gasteiger partial charge in [0.1, 0.15) is 23.5 Å². The monoisotopic (exact) mass is 428 g/mol. The molecule has 1 fully saturated rings. The number of halogens is 3. The minimum Gasteiger partial charge on any atom is -0.355 e. The molecule has 0 unspecified atom stereocenters. The number of nitrogens with one attached hydrogen (secondary N) is 2. The topological polar surface area (TPSA) is 92.7 Å². The highest BCUT2D eigenvalue weighted by molar-refractivity contribution is 5.95. The van der Waals surface area contributed by atoms with Crippen molar-refractivity contribution in [1.29, 1.82) is 0 Å². The van der Waals surface area contributed by atoms with Crippen molar-refractivity contribution in [2.75, 3.05) is 18.9 Å². The number of carbonyl (C=O) groups excluding carboxylic acids is 1. The van der Waals surface area contributed by atoms with Crippen LogP contribution in [0, 0.1) is 11.6 Å². The normalized spacial score (nSPS) is 20.1. The van der Waals surface area contributed by atoms with Gasteiger partial charge in [0.2, 0.25) is 5.95 Å². The number of rotatable bonds is 6. The maximum atomic E-state index is 14.2. The van der Waals surface area contributed by atoms with Gasteiger partial charge in [-0.15, -0.1) is 10.2 Å². The van der Waals surface area contributed by atoms with Crippen LogP contribution in [0.4, 0.5) is 19.1 Å². The Hall–Kier alpha value is -3.56. The summed E-state index contributed by atoms with van der Waals surface area (Å²) in [5.41, 5.74) is -0.103. The van der Waals surface area contributed by atoms with Gasteiger partial charge >= 0.3 is 0 Å². The van der Waals surface area contributed by atoms with Crippen molar-refractivity contribution >= 4 is 11.9 Å². The largest absolute Gasteiger partial charge is 0.355 e. The highest BCUT2D eigenvalue weighted by Gasteiger charge is 2.48. The molecule has 7 nitrogen and oxygen atoms in total. The molecule has 160 valence electrons. The van der Waals surface area contributed by atoms with Crippen LogP contribution in [0.2, 0.25) is 0 Å². The first-order valence-corrected chi connectivity index (χ1v) is 9.62. The third-order valence-corrected chi connectivity index (χ3v) is 5.36. The molecule has 2 N–H and O–H groups in total. The van der Waals surface area contributed by atoms with Gasteiger partial charge in [0.25, 0.3) is 5.91 Å². The van der Waals surface area contributed by atoms with Crippen molar-refractivity contribution in [3.05, 3.63) is 65.6 Å². The number of anilines is 1. The van der Waals surface area contributed by atoms with Crippen molar-refractivity contribution < 1.29 is 18.0 Å². The van der Waals surface area contributed by atoms with Crippen LogP contribution in [-0.4, -0.2) is 45.8 Å². The Labute approximate surface area is 176 Å². The van der Waals surface area contributed by atoms with Crippen molar-refractivity contribution in [3.63, 3.8) is 0 Å². The molecule has 3 aromatic rings. The first-order chi connectivity index (χ1) is 14.9. The third-order valence-electron chi connectivity index (χ3n) is 5.36. The van der Waals surface area contributed by atoms with Gasteiger partial charge in [-0.1, -0.05) is 0 Å². The van der Waals surface area contributed by atoms with Gasteiger partial charge in [0.05, 0.1) is 11.9 Å². The molecule has 1 aliphatic carbocycles. The highest BCUT2D eigenvalue weighted by atomic mass is 19.1. The number of hydrogen-bond donors (Lipinski definition) is 2. The average molecular weight is 428 g/mol. The number of alkyl halides is 1. The van der Waals surface area contributed by atoms with Crippen molar-refractivity contribution in [2.24, 2.45) is 0 Å². The second-order valence-corrected chi connectivity index (χ2v) is 7.41. The zero-order valence-electron chi connectivity index (χ0n) is 16.6. The maximum absolute atomic E-state index is 14.2. The van der Waals surface area contributed by atoms with E-state index in [1.807, 2.05) is 0 Å². The van der Waals surface area contributed by atoms with E-state index >= 15 is 0 Å². The molecular formula is C21H19F3N6O. The van der Waals surface area contributed by atoms with Gasteiger partial charge < -0.3 is 10.6 Å². The fraction of sp³-hybridized carbons (Fsp3) is 0.286. The summed E-state index contributed by atoms with van der Waals surface area (Å²) >= 11 is 0. The zero-order valence-corrected chi connectivity index (χ0v) is 16.6. The molecule has 2 heterocycles. The Bertz CT molecular complexity index is 1100. The van der Waals surface area contributed by atoms with Crippen LogP contribution in [-0.2, 0) is 5.41 Å². The lowest BCUT2D eigenvalue weighted by Crippen LogP contribution is -2.49. The fourth-order valence-electron chi connectivity index (χ4n) is 3.72. The number of carbonyl (C=O) groups is 1. The van der Waals surface area contributed by atoms with Crippen LogP contribution in [0.1, 0.15) is 28.9 Å². The molecule has 2 aromatic heterocycles. The summed E-state index contributed by atoms with van der Waals surface area (Å²) in [6, 6.07) is 6.67. The molecule has 1 amide bonds. The Morgan fingerprint density at radius 1 is 1.16 bits per heavy atom. The van der Waals surface area contributed by atoms with Crippen molar-refractivity contribution in [2.45, 2.75) is 24.4 Å². The number of nitrogens with zero attached hydrogens (tertiary/aromatic N) is 4. The molecule has 4 rings (SSSR count). The van der Waals surface area contributed by atoms with Crippen LogP contribution in [0.3, 0.4) is 0 Å². The lowest BCUT2D eigenvalue weighted by Gasteiger charge is -2.43. The summed E-state index contributed by atoms with van der Waals surface area (Å²) in [5.74, 6) is -1.29. The smallest absolute Gasteiger partial charge is 0.251 e.